The quantitative estimate of drug-likeness (QED) is 0.924. The molecule has 1 saturated heterocycles. The first-order chi connectivity index (χ1) is 9.54. The van der Waals surface area contributed by atoms with Crippen LogP contribution in [0.3, 0.4) is 0 Å². The van der Waals surface area contributed by atoms with Crippen LogP contribution in [-0.2, 0) is 4.79 Å². The third-order valence-corrected chi connectivity index (χ3v) is 5.69. The average molecular weight is 292 g/mol. The molecule has 4 heteroatoms. The van der Waals surface area contributed by atoms with Crippen molar-refractivity contribution in [3.05, 3.63) is 22.4 Å². The van der Waals surface area contributed by atoms with Crippen LogP contribution in [0.5, 0.6) is 0 Å². The summed E-state index contributed by atoms with van der Waals surface area (Å²) in [6, 6.07) is 2.49. The van der Waals surface area contributed by atoms with Gasteiger partial charge in [-0.15, -0.1) is 0 Å². The van der Waals surface area contributed by atoms with Crippen LogP contribution in [0.15, 0.2) is 16.8 Å². The van der Waals surface area contributed by atoms with Crippen LogP contribution in [0.4, 0.5) is 0 Å². The Hall–Kier alpha value is -0.870. The molecule has 1 aliphatic heterocycles. The molecule has 1 saturated carbocycles. The summed E-state index contributed by atoms with van der Waals surface area (Å²) in [6.07, 6.45) is 4.52. The minimum Gasteiger partial charge on any atom is -0.318 e. The second-order valence-corrected chi connectivity index (χ2v) is 7.51. The van der Waals surface area contributed by atoms with Gasteiger partial charge in [0.15, 0.2) is 0 Å². The number of nitrogens with zero attached hydrogens (tertiary/aromatic N) is 1. The highest BCUT2D eigenvalue weighted by Gasteiger charge is 2.48. The number of hydrogen-bond donors (Lipinski definition) is 1. The topological polar surface area (TPSA) is 32.3 Å². The molecule has 2 aliphatic rings. The minimum atomic E-state index is -0.0173. The minimum absolute atomic E-state index is 0.0173. The third-order valence-electron chi connectivity index (χ3n) is 4.99. The summed E-state index contributed by atoms with van der Waals surface area (Å²) in [5.41, 5.74) is 1.47. The molecule has 3 atom stereocenters. The Kier molecular flexibility index (Phi) is 3.63. The summed E-state index contributed by atoms with van der Waals surface area (Å²) in [5, 5.41) is 7.80. The number of carbonyl (C=O) groups excluding carboxylic acids is 1. The lowest BCUT2D eigenvalue weighted by atomic mass is 9.86. The second kappa shape index (κ2) is 5.15. The molecule has 3 rings (SSSR count). The fourth-order valence-electron chi connectivity index (χ4n) is 3.79. The summed E-state index contributed by atoms with van der Waals surface area (Å²) >= 11 is 1.70. The molecule has 110 valence electrons. The van der Waals surface area contributed by atoms with Gasteiger partial charge in [0.2, 0.25) is 5.91 Å². The van der Waals surface area contributed by atoms with Gasteiger partial charge in [-0.05, 0) is 47.1 Å². The second-order valence-electron chi connectivity index (χ2n) is 6.73. The van der Waals surface area contributed by atoms with Gasteiger partial charge in [-0.3, -0.25) is 10.1 Å². The van der Waals surface area contributed by atoms with E-state index in [4.69, 9.17) is 0 Å². The van der Waals surface area contributed by atoms with E-state index in [1.54, 1.807) is 11.3 Å². The van der Waals surface area contributed by atoms with Gasteiger partial charge in [0.05, 0.1) is 6.04 Å². The Labute approximate surface area is 125 Å². The van der Waals surface area contributed by atoms with E-state index in [1.165, 1.54) is 18.4 Å². The molecular weight excluding hydrogens is 268 g/mol. The summed E-state index contributed by atoms with van der Waals surface area (Å²) in [7, 11) is 0. The first kappa shape index (κ1) is 14.1. The van der Waals surface area contributed by atoms with Gasteiger partial charge in [0.1, 0.15) is 6.17 Å². The van der Waals surface area contributed by atoms with Gasteiger partial charge < -0.3 is 4.90 Å². The summed E-state index contributed by atoms with van der Waals surface area (Å²) in [5.74, 6) is 0.295. The highest BCUT2D eigenvalue weighted by Crippen LogP contribution is 2.45. The van der Waals surface area contributed by atoms with Crippen LogP contribution in [0.1, 0.15) is 58.2 Å². The molecule has 0 radical (unpaired) electrons. The Bertz CT molecular complexity index is 483. The molecule has 0 aromatic carbocycles. The molecule has 1 aromatic heterocycles. The highest BCUT2D eigenvalue weighted by molar-refractivity contribution is 7.07. The van der Waals surface area contributed by atoms with E-state index < -0.39 is 0 Å². The van der Waals surface area contributed by atoms with Crippen LogP contribution in [0, 0.1) is 5.41 Å². The molecule has 2 heterocycles. The molecule has 3 nitrogen and oxygen atoms in total. The zero-order valence-corrected chi connectivity index (χ0v) is 13.4. The van der Waals surface area contributed by atoms with Crippen LogP contribution in [0.25, 0.3) is 0 Å². The van der Waals surface area contributed by atoms with Gasteiger partial charge in [0, 0.05) is 6.04 Å². The van der Waals surface area contributed by atoms with Crippen molar-refractivity contribution in [2.75, 3.05) is 0 Å². The van der Waals surface area contributed by atoms with Gasteiger partial charge in [-0.2, -0.15) is 11.3 Å². The van der Waals surface area contributed by atoms with Gasteiger partial charge >= 0.3 is 0 Å². The lowest BCUT2D eigenvalue weighted by Crippen LogP contribution is -2.45. The van der Waals surface area contributed by atoms with Crippen molar-refractivity contribution in [2.24, 2.45) is 5.41 Å². The maximum Gasteiger partial charge on any atom is 0.241 e. The van der Waals surface area contributed by atoms with E-state index in [9.17, 15) is 4.79 Å². The number of carbonyl (C=O) groups is 1. The number of thiophene rings is 1. The summed E-state index contributed by atoms with van der Waals surface area (Å²) < 4.78 is 0. The number of amides is 1. The van der Waals surface area contributed by atoms with Crippen LogP contribution >= 0.6 is 11.3 Å². The molecule has 0 spiro atoms. The molecule has 0 bridgehead atoms. The molecule has 1 aliphatic carbocycles. The Morgan fingerprint density at radius 2 is 2.30 bits per heavy atom. The predicted octanol–water partition coefficient (Wildman–Crippen LogP) is 3.54. The third kappa shape index (κ3) is 2.19. The first-order valence-corrected chi connectivity index (χ1v) is 8.59. The maximum atomic E-state index is 12.8. The SMILES string of the molecule is CCC1NC(c2ccsc2)N(C2CCCC2(C)C)C1=O. The molecule has 1 amide bonds. The smallest absolute Gasteiger partial charge is 0.241 e. The summed E-state index contributed by atoms with van der Waals surface area (Å²) in [6.45, 7) is 6.70. The molecular formula is C16H24N2OS. The average Bonchev–Trinajstić information content (AvgIpc) is 3.08. The summed E-state index contributed by atoms with van der Waals surface area (Å²) in [4.78, 5) is 14.9. The van der Waals surface area contributed by atoms with E-state index in [1.807, 2.05) is 0 Å². The maximum absolute atomic E-state index is 12.8. The van der Waals surface area contributed by atoms with Crippen LogP contribution < -0.4 is 5.32 Å². The van der Waals surface area contributed by atoms with Crippen molar-refractivity contribution in [3.63, 3.8) is 0 Å². The van der Waals surface area contributed by atoms with Gasteiger partial charge in [-0.25, -0.2) is 0 Å². The lowest BCUT2D eigenvalue weighted by Gasteiger charge is -2.38. The zero-order chi connectivity index (χ0) is 14.3. The van der Waals surface area contributed by atoms with Crippen molar-refractivity contribution < 1.29 is 4.79 Å². The predicted molar refractivity (Wildman–Crippen MR) is 82.5 cm³/mol. The van der Waals surface area contributed by atoms with Crippen LogP contribution in [-0.4, -0.2) is 22.9 Å². The normalized spacial score (nSPS) is 33.0. The molecule has 20 heavy (non-hydrogen) atoms. The Balaban J connectivity index is 1.94. The Morgan fingerprint density at radius 3 is 2.85 bits per heavy atom. The van der Waals surface area contributed by atoms with Crippen molar-refractivity contribution >= 4 is 17.2 Å². The molecule has 1 aromatic rings. The lowest BCUT2D eigenvalue weighted by molar-refractivity contribution is -0.134. The number of hydrogen-bond acceptors (Lipinski definition) is 3. The number of rotatable bonds is 3. The van der Waals surface area contributed by atoms with E-state index in [0.717, 1.165) is 12.8 Å². The largest absolute Gasteiger partial charge is 0.318 e. The fourth-order valence-corrected chi connectivity index (χ4v) is 4.47. The highest BCUT2D eigenvalue weighted by atomic mass is 32.1. The van der Waals surface area contributed by atoms with Gasteiger partial charge in [0.25, 0.3) is 0 Å². The van der Waals surface area contributed by atoms with E-state index in [-0.39, 0.29) is 17.6 Å². The van der Waals surface area contributed by atoms with E-state index in [0.29, 0.717) is 11.9 Å². The van der Waals surface area contributed by atoms with Crippen LogP contribution in [0.2, 0.25) is 0 Å². The van der Waals surface area contributed by atoms with Crippen molar-refractivity contribution in [2.45, 2.75) is 64.7 Å². The number of nitrogens with one attached hydrogen (secondary N) is 1. The van der Waals surface area contributed by atoms with Crippen molar-refractivity contribution in [1.29, 1.82) is 0 Å². The molecule has 3 unspecified atom stereocenters. The van der Waals surface area contributed by atoms with Crippen molar-refractivity contribution in [3.8, 4) is 0 Å². The molecule has 1 N–H and O–H groups in total. The van der Waals surface area contributed by atoms with E-state index in [2.05, 4.69) is 47.8 Å². The van der Waals surface area contributed by atoms with E-state index >= 15 is 0 Å². The zero-order valence-electron chi connectivity index (χ0n) is 12.6. The monoisotopic (exact) mass is 292 g/mol. The van der Waals surface area contributed by atoms with Gasteiger partial charge in [-0.1, -0.05) is 27.2 Å². The standard InChI is InChI=1S/C16H24N2OS/c1-4-12-15(19)18(13-6-5-8-16(13,2)3)14(17-12)11-7-9-20-10-11/h7,9-10,12-14,17H,4-6,8H2,1-3H3. The first-order valence-electron chi connectivity index (χ1n) is 7.65. The Morgan fingerprint density at radius 1 is 1.50 bits per heavy atom. The molecule has 2 fully saturated rings. The van der Waals surface area contributed by atoms with Crippen molar-refractivity contribution in [1.82, 2.24) is 10.2 Å². The fraction of sp³-hybridized carbons (Fsp3) is 0.688.